The maximum absolute atomic E-state index is 13.2. The van der Waals surface area contributed by atoms with Crippen molar-refractivity contribution in [1.82, 2.24) is 9.97 Å². The molecule has 0 atom stereocenters. The van der Waals surface area contributed by atoms with Crippen molar-refractivity contribution in [1.29, 1.82) is 0 Å². The highest BCUT2D eigenvalue weighted by Gasteiger charge is 2.31. The Kier molecular flexibility index (Phi) is 2.78. The molecule has 82 valence electrons. The summed E-state index contributed by atoms with van der Waals surface area (Å²) in [4.78, 5) is 7.36. The fourth-order valence-corrected chi connectivity index (χ4v) is 1.86. The van der Waals surface area contributed by atoms with E-state index < -0.39 is 5.82 Å². The Morgan fingerprint density at radius 1 is 1.60 bits per heavy atom. The molecule has 1 aromatic heterocycles. The molecule has 1 aromatic rings. The second-order valence-corrected chi connectivity index (χ2v) is 4.69. The number of nitrogens with one attached hydrogen (secondary N) is 1. The number of halogens is 2. The molecule has 1 saturated carbocycles. The number of rotatable bonds is 3. The van der Waals surface area contributed by atoms with Crippen molar-refractivity contribution in [2.24, 2.45) is 5.41 Å². The van der Waals surface area contributed by atoms with E-state index in [4.69, 9.17) is 11.6 Å². The minimum Gasteiger partial charge on any atom is -0.367 e. The first-order chi connectivity index (χ1) is 7.09. The third-order valence-corrected chi connectivity index (χ3v) is 3.14. The summed E-state index contributed by atoms with van der Waals surface area (Å²) < 4.78 is 13.2. The Morgan fingerprint density at radius 2 is 2.33 bits per heavy atom. The summed E-state index contributed by atoms with van der Waals surface area (Å²) in [5.41, 5.74) is 0.282. The second-order valence-electron chi connectivity index (χ2n) is 4.35. The Labute approximate surface area is 93.1 Å². The van der Waals surface area contributed by atoms with E-state index >= 15 is 0 Å². The molecule has 1 fully saturated rings. The van der Waals surface area contributed by atoms with Crippen LogP contribution in [0.15, 0.2) is 6.20 Å². The maximum Gasteiger partial charge on any atom is 0.224 e. The number of nitrogens with zero attached hydrogens (tertiary/aromatic N) is 2. The molecule has 0 radical (unpaired) electrons. The zero-order valence-electron chi connectivity index (χ0n) is 8.56. The maximum atomic E-state index is 13.2. The number of aromatic nitrogens is 2. The van der Waals surface area contributed by atoms with Gasteiger partial charge < -0.3 is 5.32 Å². The fraction of sp³-hybridized carbons (Fsp3) is 0.600. The van der Waals surface area contributed by atoms with Crippen LogP contribution >= 0.6 is 11.6 Å². The first-order valence-electron chi connectivity index (χ1n) is 5.01. The topological polar surface area (TPSA) is 37.8 Å². The minimum absolute atomic E-state index is 0.0673. The van der Waals surface area contributed by atoms with E-state index in [0.717, 1.165) is 12.7 Å². The third-order valence-electron chi connectivity index (χ3n) is 2.96. The Morgan fingerprint density at radius 3 is 2.93 bits per heavy atom. The summed E-state index contributed by atoms with van der Waals surface area (Å²) in [7, 11) is 0. The second kappa shape index (κ2) is 3.93. The molecule has 2 rings (SSSR count). The average molecular weight is 230 g/mol. The molecule has 0 aliphatic heterocycles. The van der Waals surface area contributed by atoms with E-state index in [9.17, 15) is 4.39 Å². The van der Waals surface area contributed by atoms with Crippen LogP contribution in [0.3, 0.4) is 0 Å². The van der Waals surface area contributed by atoms with Gasteiger partial charge in [0.05, 0.1) is 6.20 Å². The smallest absolute Gasteiger partial charge is 0.224 e. The summed E-state index contributed by atoms with van der Waals surface area (Å²) in [6.07, 6.45) is 4.70. The average Bonchev–Trinajstić information content (AvgIpc) is 2.17. The first kappa shape index (κ1) is 10.6. The molecule has 1 aliphatic rings. The Hall–Kier alpha value is -0.900. The lowest BCUT2D eigenvalue weighted by atomic mass is 9.70. The lowest BCUT2D eigenvalue weighted by molar-refractivity contribution is 0.179. The molecule has 0 spiro atoms. The molecule has 0 aromatic carbocycles. The van der Waals surface area contributed by atoms with Crippen LogP contribution in [0.4, 0.5) is 10.2 Å². The van der Waals surface area contributed by atoms with Gasteiger partial charge in [-0.2, -0.15) is 4.98 Å². The van der Waals surface area contributed by atoms with Crippen molar-refractivity contribution in [2.75, 3.05) is 11.9 Å². The molecule has 5 heteroatoms. The largest absolute Gasteiger partial charge is 0.367 e. The molecule has 0 amide bonds. The molecule has 1 aliphatic carbocycles. The quantitative estimate of drug-likeness (QED) is 0.810. The summed E-state index contributed by atoms with van der Waals surface area (Å²) in [6.45, 7) is 2.92. The summed E-state index contributed by atoms with van der Waals surface area (Å²) >= 11 is 5.59. The van der Waals surface area contributed by atoms with Gasteiger partial charge in [-0.25, -0.2) is 9.37 Å². The highest BCUT2D eigenvalue weighted by Crippen LogP contribution is 2.40. The van der Waals surface area contributed by atoms with Gasteiger partial charge in [-0.1, -0.05) is 13.3 Å². The van der Waals surface area contributed by atoms with E-state index in [1.165, 1.54) is 19.3 Å². The highest BCUT2D eigenvalue weighted by atomic mass is 35.5. The molecule has 3 nitrogen and oxygen atoms in total. The summed E-state index contributed by atoms with van der Waals surface area (Å²) in [5.74, 6) is -0.259. The van der Waals surface area contributed by atoms with Gasteiger partial charge in [0.1, 0.15) is 0 Å². The molecule has 1 heterocycles. The highest BCUT2D eigenvalue weighted by molar-refractivity contribution is 6.28. The van der Waals surface area contributed by atoms with Crippen LogP contribution in [0, 0.1) is 11.2 Å². The van der Waals surface area contributed by atoms with Gasteiger partial charge >= 0.3 is 0 Å². The van der Waals surface area contributed by atoms with Crippen LogP contribution in [0.5, 0.6) is 0 Å². The van der Waals surface area contributed by atoms with Crippen molar-refractivity contribution in [3.63, 3.8) is 0 Å². The molecule has 1 N–H and O–H groups in total. The summed E-state index contributed by atoms with van der Waals surface area (Å²) in [5, 5.41) is 3.05. The van der Waals surface area contributed by atoms with E-state index in [0.29, 0.717) is 0 Å². The third kappa shape index (κ3) is 2.37. The fourth-order valence-electron chi connectivity index (χ4n) is 1.72. The predicted octanol–water partition coefficient (Wildman–Crippen LogP) is 2.87. The Bertz CT molecular complexity index is 366. The zero-order valence-corrected chi connectivity index (χ0v) is 9.31. The molecular formula is C10H13ClFN3. The predicted molar refractivity (Wildman–Crippen MR) is 57.4 cm³/mol. The molecule has 0 bridgehead atoms. The van der Waals surface area contributed by atoms with Gasteiger partial charge in [-0.3, -0.25) is 0 Å². The standard InChI is InChI=1S/C10H13ClFN3/c1-10(3-2-4-10)6-14-8-7(12)5-13-9(11)15-8/h5H,2-4,6H2,1H3,(H,13,14,15). The van der Waals surface area contributed by atoms with Gasteiger partial charge in [0.25, 0.3) is 0 Å². The molecular weight excluding hydrogens is 217 g/mol. The SMILES string of the molecule is CC1(CNc2nc(Cl)ncc2F)CCC1. The van der Waals surface area contributed by atoms with Gasteiger partial charge in [-0.15, -0.1) is 0 Å². The van der Waals surface area contributed by atoms with Crippen LogP contribution < -0.4 is 5.32 Å². The molecule has 0 saturated heterocycles. The van der Waals surface area contributed by atoms with Gasteiger partial charge in [0.15, 0.2) is 11.6 Å². The van der Waals surface area contributed by atoms with Gasteiger partial charge in [0, 0.05) is 6.54 Å². The minimum atomic E-state index is -0.456. The van der Waals surface area contributed by atoms with Crippen LogP contribution in [0.25, 0.3) is 0 Å². The van der Waals surface area contributed by atoms with E-state index in [-0.39, 0.29) is 16.5 Å². The zero-order chi connectivity index (χ0) is 10.9. The summed E-state index contributed by atoms with van der Waals surface area (Å²) in [6, 6.07) is 0. The van der Waals surface area contributed by atoms with Crippen LogP contribution in [-0.2, 0) is 0 Å². The van der Waals surface area contributed by atoms with Crippen LogP contribution in [0.1, 0.15) is 26.2 Å². The Balaban J connectivity index is 2.01. The van der Waals surface area contributed by atoms with Crippen molar-refractivity contribution < 1.29 is 4.39 Å². The lowest BCUT2D eigenvalue weighted by Gasteiger charge is -2.38. The van der Waals surface area contributed by atoms with E-state index in [1.54, 1.807) is 0 Å². The monoisotopic (exact) mass is 229 g/mol. The van der Waals surface area contributed by atoms with Crippen molar-refractivity contribution in [3.8, 4) is 0 Å². The van der Waals surface area contributed by atoms with Crippen molar-refractivity contribution in [2.45, 2.75) is 26.2 Å². The normalized spacial score (nSPS) is 18.3. The first-order valence-corrected chi connectivity index (χ1v) is 5.39. The van der Waals surface area contributed by atoms with Crippen LogP contribution in [0.2, 0.25) is 5.28 Å². The van der Waals surface area contributed by atoms with Crippen LogP contribution in [-0.4, -0.2) is 16.5 Å². The van der Waals surface area contributed by atoms with E-state index in [2.05, 4.69) is 22.2 Å². The lowest BCUT2D eigenvalue weighted by Crippen LogP contribution is -2.33. The van der Waals surface area contributed by atoms with Gasteiger partial charge in [0.2, 0.25) is 5.28 Å². The van der Waals surface area contributed by atoms with Crippen molar-refractivity contribution >= 4 is 17.4 Å². The van der Waals surface area contributed by atoms with E-state index in [1.807, 2.05) is 0 Å². The van der Waals surface area contributed by atoms with Crippen molar-refractivity contribution in [3.05, 3.63) is 17.3 Å². The van der Waals surface area contributed by atoms with Gasteiger partial charge in [-0.05, 0) is 29.9 Å². The molecule has 0 unspecified atom stereocenters. The number of anilines is 1. The molecule has 15 heavy (non-hydrogen) atoms. The number of hydrogen-bond acceptors (Lipinski definition) is 3. The number of hydrogen-bond donors (Lipinski definition) is 1.